The van der Waals surface area contributed by atoms with E-state index < -0.39 is 11.8 Å². The van der Waals surface area contributed by atoms with E-state index in [2.05, 4.69) is 0 Å². The minimum atomic E-state index is -0.565. The second-order valence-electron chi connectivity index (χ2n) is 2.48. The van der Waals surface area contributed by atoms with Gasteiger partial charge in [-0.05, 0) is 24.3 Å². The first-order valence-electron chi connectivity index (χ1n) is 3.58. The van der Waals surface area contributed by atoms with Crippen molar-refractivity contribution in [2.75, 3.05) is 0 Å². The van der Waals surface area contributed by atoms with Crippen LogP contribution in [0.4, 0.5) is 0 Å². The van der Waals surface area contributed by atoms with Gasteiger partial charge in [-0.25, -0.2) is 0 Å². The summed E-state index contributed by atoms with van der Waals surface area (Å²) < 4.78 is 0.416. The molecule has 14 heavy (non-hydrogen) atoms. The van der Waals surface area contributed by atoms with Crippen molar-refractivity contribution in [3.8, 4) is 0 Å². The highest BCUT2D eigenvalue weighted by atomic mass is 35.5. The second-order valence-corrected chi connectivity index (χ2v) is 3.33. The van der Waals surface area contributed by atoms with Crippen LogP contribution in [0.2, 0.25) is 0 Å². The second kappa shape index (κ2) is 4.30. The van der Waals surface area contributed by atoms with Gasteiger partial charge < -0.3 is 5.73 Å². The van der Waals surface area contributed by atoms with Gasteiger partial charge in [0.15, 0.2) is 0 Å². The summed E-state index contributed by atoms with van der Waals surface area (Å²) in [4.78, 5) is 21.9. The van der Waals surface area contributed by atoms with Crippen LogP contribution in [0, 0.1) is 0 Å². The number of hydrogen-bond acceptors (Lipinski definition) is 2. The van der Waals surface area contributed by atoms with Crippen LogP contribution in [0.15, 0.2) is 24.3 Å². The fraction of sp³-hybridized carbons (Fsp3) is 0. The molecule has 1 aromatic carbocycles. The third kappa shape index (κ3) is 2.37. The largest absolute Gasteiger partial charge is 0.366 e. The Morgan fingerprint density at radius 3 is 1.86 bits per heavy atom. The Labute approximate surface area is 90.4 Å². The molecule has 0 bridgehead atoms. The van der Waals surface area contributed by atoms with Gasteiger partial charge in [-0.1, -0.05) is 0 Å². The predicted molar refractivity (Wildman–Crippen MR) is 52.8 cm³/mol. The van der Waals surface area contributed by atoms with Gasteiger partial charge in [0.05, 0.1) is 0 Å². The summed E-state index contributed by atoms with van der Waals surface area (Å²) in [5.41, 5.74) is 5.61. The van der Waals surface area contributed by atoms with Crippen LogP contribution in [0.5, 0.6) is 0 Å². The Bertz CT molecular complexity index is 362. The molecule has 1 aromatic rings. The number of hydrogen-bond donors (Lipinski definition) is 1. The normalized spacial score (nSPS) is 9.57. The third-order valence-corrected chi connectivity index (χ3v) is 1.88. The molecule has 74 valence electrons. The highest BCUT2D eigenvalue weighted by Gasteiger charge is 2.11. The smallest absolute Gasteiger partial charge is 0.283 e. The van der Waals surface area contributed by atoms with Crippen molar-refractivity contribution in [3.05, 3.63) is 35.4 Å². The van der Waals surface area contributed by atoms with Crippen molar-refractivity contribution in [2.45, 2.75) is 0 Å². The summed E-state index contributed by atoms with van der Waals surface area (Å²) in [7, 11) is 0. The van der Waals surface area contributed by atoms with Crippen LogP contribution in [0.25, 0.3) is 0 Å². The molecule has 0 saturated heterocycles. The standard InChI is InChI=1S/C8H6Cl2N2O2/c9-12(10)8(14)6-3-1-5(2-4-6)7(11)13/h1-4H,(H2,11,13). The number of primary amides is 1. The van der Waals surface area contributed by atoms with E-state index in [1.807, 2.05) is 0 Å². The van der Waals surface area contributed by atoms with Gasteiger partial charge in [0, 0.05) is 34.7 Å². The van der Waals surface area contributed by atoms with Gasteiger partial charge >= 0.3 is 0 Å². The summed E-state index contributed by atoms with van der Waals surface area (Å²) in [6.45, 7) is 0. The molecule has 2 amide bonds. The monoisotopic (exact) mass is 232 g/mol. The highest BCUT2D eigenvalue weighted by molar-refractivity contribution is 6.43. The Morgan fingerprint density at radius 2 is 1.50 bits per heavy atom. The molecule has 0 aliphatic carbocycles. The number of rotatable bonds is 2. The van der Waals surface area contributed by atoms with Gasteiger partial charge in [0.1, 0.15) is 0 Å². The lowest BCUT2D eigenvalue weighted by atomic mass is 10.1. The van der Waals surface area contributed by atoms with E-state index in [0.717, 1.165) is 0 Å². The molecule has 4 nitrogen and oxygen atoms in total. The molecular weight excluding hydrogens is 227 g/mol. The molecule has 0 aromatic heterocycles. The van der Waals surface area contributed by atoms with Gasteiger partial charge in [-0.15, -0.1) is 0 Å². The summed E-state index contributed by atoms with van der Waals surface area (Å²) in [6, 6.07) is 5.68. The molecular formula is C8H6Cl2N2O2. The van der Waals surface area contributed by atoms with E-state index in [0.29, 0.717) is 9.50 Å². The molecule has 0 unspecified atom stereocenters. The minimum Gasteiger partial charge on any atom is -0.366 e. The van der Waals surface area contributed by atoms with Crippen molar-refractivity contribution >= 4 is 35.4 Å². The lowest BCUT2D eigenvalue weighted by molar-refractivity contribution is 0.0922. The number of halogens is 2. The molecule has 0 aliphatic heterocycles. The van der Waals surface area contributed by atoms with Crippen molar-refractivity contribution < 1.29 is 9.59 Å². The summed E-state index contributed by atoms with van der Waals surface area (Å²) in [6.07, 6.45) is 0. The van der Waals surface area contributed by atoms with E-state index in [9.17, 15) is 9.59 Å². The molecule has 6 heteroatoms. The van der Waals surface area contributed by atoms with E-state index in [4.69, 9.17) is 29.3 Å². The number of carbonyl (C=O) groups is 2. The van der Waals surface area contributed by atoms with Crippen LogP contribution in [-0.2, 0) is 0 Å². The Hall–Kier alpha value is -1.26. The van der Waals surface area contributed by atoms with Crippen molar-refractivity contribution in [1.82, 2.24) is 3.94 Å². The first-order chi connectivity index (χ1) is 6.52. The zero-order valence-corrected chi connectivity index (χ0v) is 8.42. The quantitative estimate of drug-likeness (QED) is 0.787. The van der Waals surface area contributed by atoms with Crippen LogP contribution in [0.3, 0.4) is 0 Å². The van der Waals surface area contributed by atoms with E-state index in [1.165, 1.54) is 24.3 Å². The molecule has 0 atom stereocenters. The first kappa shape index (κ1) is 10.8. The topological polar surface area (TPSA) is 63.4 Å². The zero-order valence-electron chi connectivity index (χ0n) is 6.91. The average molecular weight is 233 g/mol. The molecule has 1 rings (SSSR count). The Morgan fingerprint density at radius 1 is 1.07 bits per heavy atom. The van der Waals surface area contributed by atoms with Crippen LogP contribution in [0.1, 0.15) is 20.7 Å². The lowest BCUT2D eigenvalue weighted by Gasteiger charge is -2.03. The number of carbonyl (C=O) groups excluding carboxylic acids is 2. The lowest BCUT2D eigenvalue weighted by Crippen LogP contribution is -2.13. The molecule has 2 N–H and O–H groups in total. The van der Waals surface area contributed by atoms with Crippen LogP contribution in [-0.4, -0.2) is 15.8 Å². The van der Waals surface area contributed by atoms with Crippen molar-refractivity contribution in [1.29, 1.82) is 0 Å². The van der Waals surface area contributed by atoms with Gasteiger partial charge in [-0.3, -0.25) is 9.59 Å². The predicted octanol–water partition coefficient (Wildman–Crippen LogP) is 1.54. The van der Waals surface area contributed by atoms with E-state index >= 15 is 0 Å². The maximum atomic E-state index is 11.2. The first-order valence-corrected chi connectivity index (χ1v) is 4.26. The Balaban J connectivity index is 2.94. The minimum absolute atomic E-state index is 0.278. The number of benzene rings is 1. The molecule has 0 fully saturated rings. The summed E-state index contributed by atoms with van der Waals surface area (Å²) >= 11 is 10.4. The molecule has 0 heterocycles. The van der Waals surface area contributed by atoms with E-state index in [1.54, 1.807) is 0 Å². The fourth-order valence-corrected chi connectivity index (χ4v) is 1.07. The highest BCUT2D eigenvalue weighted by Crippen LogP contribution is 2.10. The molecule has 0 aliphatic rings. The van der Waals surface area contributed by atoms with Crippen LogP contribution < -0.4 is 5.73 Å². The third-order valence-electron chi connectivity index (χ3n) is 1.57. The van der Waals surface area contributed by atoms with Gasteiger partial charge in [0.25, 0.3) is 5.91 Å². The van der Waals surface area contributed by atoms with Crippen molar-refractivity contribution in [2.24, 2.45) is 5.73 Å². The van der Waals surface area contributed by atoms with Gasteiger partial charge in [-0.2, -0.15) is 3.94 Å². The maximum absolute atomic E-state index is 11.2. The number of nitrogens with zero attached hydrogens (tertiary/aromatic N) is 1. The SMILES string of the molecule is NC(=O)c1ccc(C(=O)N(Cl)Cl)cc1. The number of amides is 2. The Kier molecular flexibility index (Phi) is 3.33. The van der Waals surface area contributed by atoms with Gasteiger partial charge in [0.2, 0.25) is 5.91 Å². The zero-order chi connectivity index (χ0) is 10.7. The van der Waals surface area contributed by atoms with Crippen LogP contribution >= 0.6 is 23.6 Å². The fourth-order valence-electron chi connectivity index (χ4n) is 0.875. The molecule has 0 radical (unpaired) electrons. The van der Waals surface area contributed by atoms with E-state index in [-0.39, 0.29) is 5.56 Å². The molecule has 0 saturated carbocycles. The maximum Gasteiger partial charge on any atom is 0.283 e. The number of nitrogens with two attached hydrogens (primary N) is 1. The summed E-state index contributed by atoms with van der Waals surface area (Å²) in [5.74, 6) is -1.12. The van der Waals surface area contributed by atoms with Crippen molar-refractivity contribution in [3.63, 3.8) is 0 Å². The molecule has 0 spiro atoms. The summed E-state index contributed by atoms with van der Waals surface area (Å²) in [5, 5.41) is 0. The average Bonchev–Trinajstić information content (AvgIpc) is 2.16.